The molecule has 3 heteroatoms. The molecule has 13 heavy (non-hydrogen) atoms. The number of nitrogens with zero attached hydrogens (tertiary/aromatic N) is 1. The lowest BCUT2D eigenvalue weighted by molar-refractivity contribution is -0.113. The Morgan fingerprint density at radius 3 is 2.77 bits per heavy atom. The largest absolute Gasteiger partial charge is 0.396 e. The number of ether oxygens (including phenoxy) is 1. The Morgan fingerprint density at radius 2 is 2.31 bits per heavy atom. The van der Waals surface area contributed by atoms with Crippen molar-refractivity contribution in [1.29, 1.82) is 0 Å². The molecule has 0 unspecified atom stereocenters. The highest BCUT2D eigenvalue weighted by molar-refractivity contribution is 4.87. The molecule has 2 aliphatic rings. The summed E-state index contributed by atoms with van der Waals surface area (Å²) < 4.78 is 5.23. The van der Waals surface area contributed by atoms with Gasteiger partial charge < -0.3 is 14.7 Å². The molecule has 0 saturated carbocycles. The Bertz CT molecular complexity index is 180. The molecule has 2 rings (SSSR count). The second-order valence-corrected chi connectivity index (χ2v) is 4.88. The van der Waals surface area contributed by atoms with Crippen LogP contribution in [0.4, 0.5) is 0 Å². The summed E-state index contributed by atoms with van der Waals surface area (Å²) in [5.41, 5.74) is 0.393. The minimum Gasteiger partial charge on any atom is -0.396 e. The molecular formula is C10H19NO2. The molecule has 2 fully saturated rings. The van der Waals surface area contributed by atoms with Crippen LogP contribution in [0.15, 0.2) is 0 Å². The molecule has 0 radical (unpaired) electrons. The van der Waals surface area contributed by atoms with E-state index in [0.29, 0.717) is 17.9 Å². The van der Waals surface area contributed by atoms with Gasteiger partial charge >= 0.3 is 0 Å². The first-order valence-corrected chi connectivity index (χ1v) is 5.13. The van der Waals surface area contributed by atoms with Gasteiger partial charge in [-0.25, -0.2) is 0 Å². The van der Waals surface area contributed by atoms with E-state index in [9.17, 15) is 0 Å². The van der Waals surface area contributed by atoms with Gasteiger partial charge in [0.2, 0.25) is 0 Å². The molecule has 0 aliphatic carbocycles. The predicted octanol–water partition coefficient (Wildman–Crippen LogP) is 0.337. The molecule has 1 atom stereocenters. The van der Waals surface area contributed by atoms with Crippen molar-refractivity contribution in [3.63, 3.8) is 0 Å². The lowest BCUT2D eigenvalue weighted by Gasteiger charge is -2.40. The maximum absolute atomic E-state index is 9.00. The third-order valence-corrected chi connectivity index (χ3v) is 3.13. The zero-order chi connectivity index (χ0) is 9.31. The van der Waals surface area contributed by atoms with Crippen molar-refractivity contribution in [2.75, 3.05) is 39.5 Å². The van der Waals surface area contributed by atoms with Crippen LogP contribution in [0.1, 0.15) is 13.3 Å². The third kappa shape index (κ3) is 2.03. The average Bonchev–Trinajstić information content (AvgIpc) is 2.49. The smallest absolute Gasteiger partial charge is 0.0554 e. The van der Waals surface area contributed by atoms with Crippen LogP contribution in [0.3, 0.4) is 0 Å². The molecule has 2 aliphatic heterocycles. The van der Waals surface area contributed by atoms with Crippen molar-refractivity contribution in [2.45, 2.75) is 13.3 Å². The quantitative estimate of drug-likeness (QED) is 0.688. The first kappa shape index (κ1) is 9.44. The SMILES string of the molecule is CC1(CN2CC[C@@H](CO)C2)COC1. The van der Waals surface area contributed by atoms with E-state index in [4.69, 9.17) is 9.84 Å². The standard InChI is InChI=1S/C10H19NO2/c1-10(7-13-8-10)6-11-3-2-9(4-11)5-12/h9,12H,2-8H2,1H3/t9-/m1/s1. The predicted molar refractivity (Wildman–Crippen MR) is 50.6 cm³/mol. The highest BCUT2D eigenvalue weighted by atomic mass is 16.5. The van der Waals surface area contributed by atoms with E-state index < -0.39 is 0 Å². The van der Waals surface area contributed by atoms with E-state index >= 15 is 0 Å². The van der Waals surface area contributed by atoms with Crippen LogP contribution in [0.2, 0.25) is 0 Å². The summed E-state index contributed by atoms with van der Waals surface area (Å²) in [4.78, 5) is 2.46. The minimum absolute atomic E-state index is 0.351. The van der Waals surface area contributed by atoms with Gasteiger partial charge in [0.1, 0.15) is 0 Å². The van der Waals surface area contributed by atoms with E-state index in [-0.39, 0.29) is 0 Å². The summed E-state index contributed by atoms with van der Waals surface area (Å²) in [7, 11) is 0. The van der Waals surface area contributed by atoms with Crippen LogP contribution in [-0.2, 0) is 4.74 Å². The van der Waals surface area contributed by atoms with Crippen molar-refractivity contribution in [3.05, 3.63) is 0 Å². The molecule has 0 aromatic heterocycles. The molecule has 2 heterocycles. The van der Waals surface area contributed by atoms with Crippen LogP contribution in [-0.4, -0.2) is 49.5 Å². The maximum atomic E-state index is 9.00. The monoisotopic (exact) mass is 185 g/mol. The normalized spacial score (nSPS) is 33.2. The van der Waals surface area contributed by atoms with Gasteiger partial charge in [-0.1, -0.05) is 6.92 Å². The van der Waals surface area contributed by atoms with Gasteiger partial charge in [0, 0.05) is 25.1 Å². The van der Waals surface area contributed by atoms with Gasteiger partial charge in [0.25, 0.3) is 0 Å². The fourth-order valence-electron chi connectivity index (χ4n) is 2.29. The van der Waals surface area contributed by atoms with Gasteiger partial charge in [0.15, 0.2) is 0 Å². The van der Waals surface area contributed by atoms with Crippen molar-refractivity contribution in [2.24, 2.45) is 11.3 Å². The van der Waals surface area contributed by atoms with Crippen LogP contribution in [0, 0.1) is 11.3 Å². The summed E-state index contributed by atoms with van der Waals surface area (Å²) in [5.74, 6) is 0.518. The van der Waals surface area contributed by atoms with Gasteiger partial charge in [-0.15, -0.1) is 0 Å². The Kier molecular flexibility index (Phi) is 2.58. The highest BCUT2D eigenvalue weighted by Crippen LogP contribution is 2.29. The van der Waals surface area contributed by atoms with Gasteiger partial charge in [-0.2, -0.15) is 0 Å². The number of aliphatic hydroxyl groups is 1. The first-order chi connectivity index (χ1) is 6.22. The van der Waals surface area contributed by atoms with Gasteiger partial charge in [-0.3, -0.25) is 0 Å². The number of rotatable bonds is 3. The van der Waals surface area contributed by atoms with Crippen molar-refractivity contribution < 1.29 is 9.84 Å². The molecule has 0 aromatic carbocycles. The summed E-state index contributed by atoms with van der Waals surface area (Å²) in [5, 5.41) is 9.00. The fourth-order valence-corrected chi connectivity index (χ4v) is 2.29. The maximum Gasteiger partial charge on any atom is 0.0554 e. The van der Waals surface area contributed by atoms with Gasteiger partial charge in [0.05, 0.1) is 13.2 Å². The van der Waals surface area contributed by atoms with Crippen molar-refractivity contribution in [1.82, 2.24) is 4.90 Å². The van der Waals surface area contributed by atoms with Gasteiger partial charge in [-0.05, 0) is 18.9 Å². The summed E-state index contributed by atoms with van der Waals surface area (Å²) in [6.45, 7) is 7.82. The molecule has 2 saturated heterocycles. The average molecular weight is 185 g/mol. The first-order valence-electron chi connectivity index (χ1n) is 5.13. The van der Waals surface area contributed by atoms with E-state index in [1.54, 1.807) is 0 Å². The number of hydrogen-bond acceptors (Lipinski definition) is 3. The van der Waals surface area contributed by atoms with Crippen molar-refractivity contribution >= 4 is 0 Å². The summed E-state index contributed by atoms with van der Waals surface area (Å²) in [6.07, 6.45) is 1.16. The van der Waals surface area contributed by atoms with Crippen LogP contribution in [0.5, 0.6) is 0 Å². The van der Waals surface area contributed by atoms with Crippen LogP contribution in [0.25, 0.3) is 0 Å². The number of aliphatic hydroxyl groups excluding tert-OH is 1. The second-order valence-electron chi connectivity index (χ2n) is 4.88. The van der Waals surface area contributed by atoms with E-state index in [1.165, 1.54) is 0 Å². The highest BCUT2D eigenvalue weighted by Gasteiger charge is 2.36. The second kappa shape index (κ2) is 3.56. The lowest BCUT2D eigenvalue weighted by atomic mass is 9.88. The van der Waals surface area contributed by atoms with Crippen molar-refractivity contribution in [3.8, 4) is 0 Å². The zero-order valence-electron chi connectivity index (χ0n) is 8.33. The minimum atomic E-state index is 0.351. The third-order valence-electron chi connectivity index (χ3n) is 3.13. The van der Waals surface area contributed by atoms with E-state index in [0.717, 1.165) is 39.3 Å². The molecule has 3 nitrogen and oxygen atoms in total. The molecule has 0 spiro atoms. The van der Waals surface area contributed by atoms with E-state index in [2.05, 4.69) is 11.8 Å². The molecule has 76 valence electrons. The zero-order valence-corrected chi connectivity index (χ0v) is 8.33. The summed E-state index contributed by atoms with van der Waals surface area (Å²) >= 11 is 0. The molecule has 0 aromatic rings. The number of hydrogen-bond donors (Lipinski definition) is 1. The topological polar surface area (TPSA) is 32.7 Å². The molecule has 0 amide bonds. The lowest BCUT2D eigenvalue weighted by Crippen LogP contribution is -2.48. The Hall–Kier alpha value is -0.120. The Balaban J connectivity index is 1.77. The molecule has 1 N–H and O–H groups in total. The van der Waals surface area contributed by atoms with Crippen LogP contribution < -0.4 is 0 Å². The Morgan fingerprint density at radius 1 is 1.54 bits per heavy atom. The molecular weight excluding hydrogens is 166 g/mol. The van der Waals surface area contributed by atoms with Crippen LogP contribution >= 0.6 is 0 Å². The number of likely N-dealkylation sites (tertiary alicyclic amines) is 1. The fraction of sp³-hybridized carbons (Fsp3) is 1.00. The molecule has 0 bridgehead atoms. The van der Waals surface area contributed by atoms with E-state index in [1.807, 2.05) is 0 Å². The Labute approximate surface area is 79.7 Å². The summed E-state index contributed by atoms with van der Waals surface area (Å²) in [6, 6.07) is 0.